The molecule has 0 heterocycles. The molecule has 17 heavy (non-hydrogen) atoms. The highest BCUT2D eigenvalue weighted by Crippen LogP contribution is 2.45. The van der Waals surface area contributed by atoms with E-state index in [9.17, 15) is 5.11 Å². The van der Waals surface area contributed by atoms with Crippen LogP contribution in [0.4, 0.5) is 0 Å². The Bertz CT molecular complexity index is 317. The van der Waals surface area contributed by atoms with Gasteiger partial charge in [0.1, 0.15) is 0 Å². The molecule has 0 amide bonds. The van der Waals surface area contributed by atoms with E-state index >= 15 is 0 Å². The maximum absolute atomic E-state index is 9.84. The molecule has 0 radical (unpaired) electrons. The maximum Gasteiger partial charge on any atom is 0.192 e. The van der Waals surface area contributed by atoms with Crippen LogP contribution in [0.25, 0.3) is 0 Å². The Kier molecular flexibility index (Phi) is 3.30. The number of aliphatic hydroxyl groups is 1. The molecule has 98 valence electrons. The summed E-state index contributed by atoms with van der Waals surface area (Å²) in [6.45, 7) is 11.5. The monoisotopic (exact) mass is 254 g/mol. The normalized spacial score (nSPS) is 37.5. The van der Waals surface area contributed by atoms with Crippen LogP contribution in [0.1, 0.15) is 33.6 Å². The van der Waals surface area contributed by atoms with Gasteiger partial charge in [0.2, 0.25) is 0 Å². The first-order chi connectivity index (χ1) is 7.72. The molecule has 0 unspecified atom stereocenters. The Labute approximate surface area is 106 Å². The average Bonchev–Trinajstić information content (AvgIpc) is 2.70. The summed E-state index contributed by atoms with van der Waals surface area (Å²) >= 11 is 0. The van der Waals surface area contributed by atoms with Crippen LogP contribution >= 0.6 is 0 Å². The molecule has 2 aliphatic carbocycles. The zero-order valence-corrected chi connectivity index (χ0v) is 12.7. The van der Waals surface area contributed by atoms with Crippen molar-refractivity contribution in [1.82, 2.24) is 0 Å². The minimum absolute atomic E-state index is 0.229. The first kappa shape index (κ1) is 13.3. The summed E-state index contributed by atoms with van der Waals surface area (Å²) in [7, 11) is -1.67. The first-order valence-electron chi connectivity index (χ1n) is 6.76. The molecule has 0 aliphatic heterocycles. The Hall–Kier alpha value is -0.123. The summed E-state index contributed by atoms with van der Waals surface area (Å²) < 4.78 is 6.50. The van der Waals surface area contributed by atoms with Crippen LogP contribution in [0, 0.1) is 11.8 Å². The lowest BCUT2D eigenvalue weighted by Crippen LogP contribution is -2.44. The molecule has 4 atom stereocenters. The van der Waals surface area contributed by atoms with Crippen LogP contribution in [-0.4, -0.2) is 25.6 Å². The lowest BCUT2D eigenvalue weighted by molar-refractivity contribution is 0.115. The van der Waals surface area contributed by atoms with Gasteiger partial charge in [0, 0.05) is 5.92 Å². The van der Waals surface area contributed by atoms with Crippen molar-refractivity contribution in [1.29, 1.82) is 0 Å². The molecule has 0 spiro atoms. The second kappa shape index (κ2) is 4.21. The lowest BCUT2D eigenvalue weighted by atomic mass is 9.97. The van der Waals surface area contributed by atoms with E-state index in [1.54, 1.807) is 0 Å². The van der Waals surface area contributed by atoms with Crippen molar-refractivity contribution in [2.24, 2.45) is 11.8 Å². The number of fused-ring (bicyclic) bond motifs is 1. The van der Waals surface area contributed by atoms with E-state index in [-0.39, 0.29) is 11.1 Å². The van der Waals surface area contributed by atoms with Gasteiger partial charge in [-0.05, 0) is 36.9 Å². The minimum Gasteiger partial charge on any atom is -0.413 e. The average molecular weight is 254 g/mol. The van der Waals surface area contributed by atoms with Gasteiger partial charge in [0.25, 0.3) is 0 Å². The van der Waals surface area contributed by atoms with Crippen LogP contribution in [0.5, 0.6) is 0 Å². The van der Waals surface area contributed by atoms with Crippen LogP contribution in [0.3, 0.4) is 0 Å². The van der Waals surface area contributed by atoms with Crippen molar-refractivity contribution in [3.8, 4) is 0 Å². The van der Waals surface area contributed by atoms with Gasteiger partial charge in [-0.2, -0.15) is 0 Å². The molecule has 2 rings (SSSR count). The zero-order valence-electron chi connectivity index (χ0n) is 11.7. The molecular formula is C14H26O2Si. The molecule has 1 saturated carbocycles. The van der Waals surface area contributed by atoms with Crippen molar-refractivity contribution in [3.05, 3.63) is 12.2 Å². The maximum atomic E-state index is 9.84. The van der Waals surface area contributed by atoms with Crippen molar-refractivity contribution in [2.75, 3.05) is 0 Å². The topological polar surface area (TPSA) is 29.5 Å². The van der Waals surface area contributed by atoms with E-state index in [4.69, 9.17) is 4.43 Å². The molecule has 1 N–H and O–H groups in total. The number of hydrogen-bond acceptors (Lipinski definition) is 2. The summed E-state index contributed by atoms with van der Waals surface area (Å²) in [5, 5.41) is 10.1. The molecule has 1 fully saturated rings. The second-order valence-electron chi connectivity index (χ2n) is 7.11. The molecule has 2 aliphatic rings. The minimum atomic E-state index is -1.67. The van der Waals surface area contributed by atoms with Crippen LogP contribution in [-0.2, 0) is 4.43 Å². The van der Waals surface area contributed by atoms with Gasteiger partial charge in [0.15, 0.2) is 8.32 Å². The fourth-order valence-corrected chi connectivity index (χ4v) is 4.15. The Morgan fingerprint density at radius 2 is 1.82 bits per heavy atom. The largest absolute Gasteiger partial charge is 0.413 e. The molecule has 0 bridgehead atoms. The second-order valence-corrected chi connectivity index (χ2v) is 11.9. The highest BCUT2D eigenvalue weighted by Gasteiger charge is 2.46. The summed E-state index contributed by atoms with van der Waals surface area (Å²) in [5.74, 6) is 0.879. The van der Waals surface area contributed by atoms with Crippen molar-refractivity contribution in [3.63, 3.8) is 0 Å². The van der Waals surface area contributed by atoms with Crippen molar-refractivity contribution in [2.45, 2.75) is 64.0 Å². The number of hydrogen-bond donors (Lipinski definition) is 1. The SMILES string of the molecule is CC(C)(C)[Si](C)(C)O[C@@H]1CC[C@@H]2[C@H]1C=C[C@@H]2O. The molecule has 0 aromatic rings. The summed E-state index contributed by atoms with van der Waals surface area (Å²) in [6, 6.07) is 0. The van der Waals surface area contributed by atoms with Gasteiger partial charge in [-0.25, -0.2) is 0 Å². The summed E-state index contributed by atoms with van der Waals surface area (Å²) in [5.41, 5.74) is 0. The Morgan fingerprint density at radius 1 is 1.18 bits per heavy atom. The van der Waals surface area contributed by atoms with Gasteiger partial charge in [-0.3, -0.25) is 0 Å². The third kappa shape index (κ3) is 2.38. The highest BCUT2D eigenvalue weighted by atomic mass is 28.4. The summed E-state index contributed by atoms with van der Waals surface area (Å²) in [4.78, 5) is 0. The fraction of sp³-hybridized carbons (Fsp3) is 0.857. The third-order valence-corrected chi connectivity index (χ3v) is 9.43. The van der Waals surface area contributed by atoms with Crippen LogP contribution in [0.15, 0.2) is 12.2 Å². The predicted molar refractivity (Wildman–Crippen MR) is 73.4 cm³/mol. The van der Waals surface area contributed by atoms with Gasteiger partial charge < -0.3 is 9.53 Å². The van der Waals surface area contributed by atoms with E-state index in [0.29, 0.717) is 17.9 Å². The van der Waals surface area contributed by atoms with E-state index in [1.807, 2.05) is 6.08 Å². The zero-order chi connectivity index (χ0) is 12.8. The van der Waals surface area contributed by atoms with Crippen molar-refractivity contribution < 1.29 is 9.53 Å². The van der Waals surface area contributed by atoms with E-state index in [1.165, 1.54) is 0 Å². The molecule has 0 aromatic carbocycles. The van der Waals surface area contributed by atoms with Crippen LogP contribution in [0.2, 0.25) is 18.1 Å². The highest BCUT2D eigenvalue weighted by molar-refractivity contribution is 6.74. The molecule has 2 nitrogen and oxygen atoms in total. The fourth-order valence-electron chi connectivity index (χ4n) is 2.76. The Morgan fingerprint density at radius 3 is 2.41 bits per heavy atom. The van der Waals surface area contributed by atoms with Crippen LogP contribution < -0.4 is 0 Å². The van der Waals surface area contributed by atoms with Gasteiger partial charge in [0.05, 0.1) is 12.2 Å². The smallest absolute Gasteiger partial charge is 0.192 e. The number of aliphatic hydroxyl groups excluding tert-OH is 1. The molecule has 0 saturated heterocycles. The molecular weight excluding hydrogens is 228 g/mol. The quantitative estimate of drug-likeness (QED) is 0.605. The summed E-state index contributed by atoms with van der Waals surface area (Å²) in [6.07, 6.45) is 6.47. The molecule has 0 aromatic heterocycles. The molecule has 3 heteroatoms. The third-order valence-electron chi connectivity index (χ3n) is 4.93. The standard InChI is InChI=1S/C14H26O2Si/c1-14(2,3)17(4,5)16-13-9-7-10-11(13)6-8-12(10)15/h6,8,10-13,15H,7,9H2,1-5H3/t10-,11-,12+,13-/m1/s1. The van der Waals surface area contributed by atoms with Gasteiger partial charge in [-0.15, -0.1) is 0 Å². The predicted octanol–water partition coefficient (Wildman–Crippen LogP) is 3.33. The van der Waals surface area contributed by atoms with Crippen molar-refractivity contribution >= 4 is 8.32 Å². The number of rotatable bonds is 2. The lowest BCUT2D eigenvalue weighted by Gasteiger charge is -2.39. The van der Waals surface area contributed by atoms with Gasteiger partial charge >= 0.3 is 0 Å². The van der Waals surface area contributed by atoms with E-state index < -0.39 is 8.32 Å². The Balaban J connectivity index is 2.04. The van der Waals surface area contributed by atoms with Gasteiger partial charge in [-0.1, -0.05) is 32.9 Å². The first-order valence-corrected chi connectivity index (χ1v) is 9.67. The van der Waals surface area contributed by atoms with E-state index in [0.717, 1.165) is 12.8 Å². The van der Waals surface area contributed by atoms with E-state index in [2.05, 4.69) is 39.9 Å².